The molecule has 2 aromatic heterocycles. The molecule has 0 aliphatic heterocycles. The van der Waals surface area contributed by atoms with Crippen LogP contribution < -0.4 is 4.72 Å². The Bertz CT molecular complexity index is 754. The van der Waals surface area contributed by atoms with Crippen LogP contribution in [0.25, 0.3) is 0 Å². The molecule has 0 aliphatic rings. The molecule has 21 heavy (non-hydrogen) atoms. The number of sulfonamides is 1. The van der Waals surface area contributed by atoms with Gasteiger partial charge in [0.1, 0.15) is 4.88 Å². The SMILES string of the molecule is Cc1sc(C(=O)O)cc1S(=O)(=O)NC(C)c1cccnc1. The van der Waals surface area contributed by atoms with Crippen LogP contribution in [-0.2, 0) is 10.0 Å². The first kappa shape index (κ1) is 15.6. The fourth-order valence-corrected chi connectivity index (χ4v) is 4.50. The molecule has 112 valence electrons. The summed E-state index contributed by atoms with van der Waals surface area (Å²) in [4.78, 5) is 15.3. The van der Waals surface area contributed by atoms with Crippen molar-refractivity contribution in [3.8, 4) is 0 Å². The van der Waals surface area contributed by atoms with Crippen LogP contribution in [0.3, 0.4) is 0 Å². The second-order valence-corrected chi connectivity index (χ2v) is 7.40. The molecule has 1 atom stereocenters. The Labute approximate surface area is 126 Å². The van der Waals surface area contributed by atoms with E-state index in [0.717, 1.165) is 16.9 Å². The highest BCUT2D eigenvalue weighted by molar-refractivity contribution is 7.89. The summed E-state index contributed by atoms with van der Waals surface area (Å²) in [6.07, 6.45) is 3.18. The van der Waals surface area contributed by atoms with Gasteiger partial charge >= 0.3 is 5.97 Å². The molecule has 2 heterocycles. The number of pyridine rings is 1. The summed E-state index contributed by atoms with van der Waals surface area (Å²) < 4.78 is 27.2. The van der Waals surface area contributed by atoms with Gasteiger partial charge in [-0.1, -0.05) is 6.07 Å². The van der Waals surface area contributed by atoms with Crippen LogP contribution in [0, 0.1) is 6.92 Å². The summed E-state index contributed by atoms with van der Waals surface area (Å²) in [5.41, 5.74) is 0.729. The standard InChI is InChI=1S/C13H14N2O4S2/c1-8(10-4-3-5-14-7-10)15-21(18,19)12-6-11(13(16)17)20-9(12)2/h3-8,15H,1-2H3,(H,16,17). The Hall–Kier alpha value is -1.77. The quantitative estimate of drug-likeness (QED) is 0.878. The third kappa shape index (κ3) is 3.46. The van der Waals surface area contributed by atoms with Crippen molar-refractivity contribution in [2.75, 3.05) is 0 Å². The van der Waals surface area contributed by atoms with Crippen LogP contribution in [0.2, 0.25) is 0 Å². The lowest BCUT2D eigenvalue weighted by atomic mass is 10.2. The highest BCUT2D eigenvalue weighted by Crippen LogP contribution is 2.27. The molecule has 2 rings (SSSR count). The minimum Gasteiger partial charge on any atom is -0.477 e. The number of aromatic carboxylic acids is 1. The van der Waals surface area contributed by atoms with Crippen molar-refractivity contribution < 1.29 is 18.3 Å². The van der Waals surface area contributed by atoms with Crippen LogP contribution in [0.4, 0.5) is 0 Å². The number of hydrogen-bond acceptors (Lipinski definition) is 5. The van der Waals surface area contributed by atoms with Crippen molar-refractivity contribution in [2.24, 2.45) is 0 Å². The summed E-state index contributed by atoms with van der Waals surface area (Å²) in [5.74, 6) is -1.13. The lowest BCUT2D eigenvalue weighted by Gasteiger charge is -2.13. The normalized spacial score (nSPS) is 13.0. The number of aryl methyl sites for hydroxylation is 1. The summed E-state index contributed by atoms with van der Waals surface area (Å²) in [6, 6.07) is 4.21. The number of thiophene rings is 1. The average Bonchev–Trinajstić information content (AvgIpc) is 2.82. The van der Waals surface area contributed by atoms with E-state index in [2.05, 4.69) is 9.71 Å². The molecular formula is C13H14N2O4S2. The largest absolute Gasteiger partial charge is 0.477 e. The minimum atomic E-state index is -3.78. The first-order valence-corrected chi connectivity index (χ1v) is 8.37. The molecule has 0 amide bonds. The third-order valence-electron chi connectivity index (χ3n) is 2.89. The van der Waals surface area contributed by atoms with Crippen molar-refractivity contribution in [1.82, 2.24) is 9.71 Å². The van der Waals surface area contributed by atoms with E-state index in [-0.39, 0.29) is 9.77 Å². The molecule has 2 aromatic rings. The minimum absolute atomic E-state index is 0.000593. The Morgan fingerprint density at radius 2 is 2.19 bits per heavy atom. The van der Waals surface area contributed by atoms with Gasteiger partial charge in [-0.25, -0.2) is 17.9 Å². The molecule has 8 heteroatoms. The highest BCUT2D eigenvalue weighted by atomic mass is 32.2. The summed E-state index contributed by atoms with van der Waals surface area (Å²) in [7, 11) is -3.78. The van der Waals surface area contributed by atoms with Gasteiger partial charge in [-0.15, -0.1) is 11.3 Å². The number of aromatic nitrogens is 1. The number of rotatable bonds is 5. The molecule has 0 aromatic carbocycles. The van der Waals surface area contributed by atoms with E-state index in [1.165, 1.54) is 6.07 Å². The molecule has 0 saturated carbocycles. The van der Waals surface area contributed by atoms with Crippen molar-refractivity contribution >= 4 is 27.3 Å². The Morgan fingerprint density at radius 3 is 2.71 bits per heavy atom. The van der Waals surface area contributed by atoms with Gasteiger partial charge in [0, 0.05) is 23.3 Å². The van der Waals surface area contributed by atoms with E-state index in [1.807, 2.05) is 0 Å². The molecule has 1 unspecified atom stereocenters. The predicted molar refractivity (Wildman–Crippen MR) is 79.0 cm³/mol. The van der Waals surface area contributed by atoms with Crippen LogP contribution in [-0.4, -0.2) is 24.5 Å². The van der Waals surface area contributed by atoms with Gasteiger partial charge < -0.3 is 5.11 Å². The maximum atomic E-state index is 12.4. The maximum absolute atomic E-state index is 12.4. The predicted octanol–water partition coefficient (Wildman–Crippen LogP) is 2.19. The molecular weight excluding hydrogens is 312 g/mol. The molecule has 0 spiro atoms. The second-order valence-electron chi connectivity index (χ2n) is 4.47. The summed E-state index contributed by atoms with van der Waals surface area (Å²) >= 11 is 0.941. The zero-order valence-electron chi connectivity index (χ0n) is 11.4. The van der Waals surface area contributed by atoms with E-state index in [9.17, 15) is 13.2 Å². The fraction of sp³-hybridized carbons (Fsp3) is 0.231. The van der Waals surface area contributed by atoms with Gasteiger partial charge in [-0.05, 0) is 31.5 Å². The van der Waals surface area contributed by atoms with Crippen LogP contribution in [0.1, 0.15) is 33.1 Å². The summed E-state index contributed by atoms with van der Waals surface area (Å²) in [6.45, 7) is 3.29. The number of hydrogen-bond donors (Lipinski definition) is 2. The third-order valence-corrected chi connectivity index (χ3v) is 5.72. The zero-order chi connectivity index (χ0) is 15.6. The van der Waals surface area contributed by atoms with Crippen molar-refractivity contribution in [3.05, 3.63) is 45.9 Å². The van der Waals surface area contributed by atoms with Gasteiger partial charge in [-0.2, -0.15) is 0 Å². The van der Waals surface area contributed by atoms with E-state index >= 15 is 0 Å². The van der Waals surface area contributed by atoms with E-state index in [1.54, 1.807) is 38.4 Å². The van der Waals surface area contributed by atoms with Gasteiger partial charge in [0.05, 0.1) is 4.90 Å². The molecule has 0 saturated heterocycles. The van der Waals surface area contributed by atoms with E-state index in [4.69, 9.17) is 5.11 Å². The summed E-state index contributed by atoms with van der Waals surface area (Å²) in [5, 5.41) is 8.94. The second kappa shape index (κ2) is 5.92. The molecule has 0 radical (unpaired) electrons. The van der Waals surface area contributed by atoms with Gasteiger partial charge in [0.15, 0.2) is 0 Å². The lowest BCUT2D eigenvalue weighted by molar-refractivity contribution is 0.0702. The Balaban J connectivity index is 2.29. The van der Waals surface area contributed by atoms with Gasteiger partial charge in [-0.3, -0.25) is 4.98 Å². The Morgan fingerprint density at radius 1 is 1.48 bits per heavy atom. The molecule has 2 N–H and O–H groups in total. The molecule has 0 bridgehead atoms. The number of carboxylic acid groups (broad SMARTS) is 1. The molecule has 0 fully saturated rings. The number of nitrogens with one attached hydrogen (secondary N) is 1. The topological polar surface area (TPSA) is 96.4 Å². The first-order valence-electron chi connectivity index (χ1n) is 6.07. The van der Waals surface area contributed by atoms with Crippen molar-refractivity contribution in [2.45, 2.75) is 24.8 Å². The maximum Gasteiger partial charge on any atom is 0.345 e. The van der Waals surface area contributed by atoms with Crippen molar-refractivity contribution in [1.29, 1.82) is 0 Å². The number of carboxylic acids is 1. The van der Waals surface area contributed by atoms with Crippen LogP contribution in [0.5, 0.6) is 0 Å². The molecule has 0 aliphatic carbocycles. The Kier molecular flexibility index (Phi) is 4.40. The smallest absolute Gasteiger partial charge is 0.345 e. The first-order chi connectivity index (χ1) is 9.81. The highest BCUT2D eigenvalue weighted by Gasteiger charge is 2.24. The van der Waals surface area contributed by atoms with Crippen LogP contribution in [0.15, 0.2) is 35.5 Å². The van der Waals surface area contributed by atoms with E-state index in [0.29, 0.717) is 4.88 Å². The molecule has 6 nitrogen and oxygen atoms in total. The monoisotopic (exact) mass is 326 g/mol. The zero-order valence-corrected chi connectivity index (χ0v) is 13.0. The van der Waals surface area contributed by atoms with Crippen LogP contribution >= 0.6 is 11.3 Å². The number of carbonyl (C=O) groups is 1. The van der Waals surface area contributed by atoms with Gasteiger partial charge in [0.25, 0.3) is 0 Å². The lowest BCUT2D eigenvalue weighted by Crippen LogP contribution is -2.27. The van der Waals surface area contributed by atoms with Gasteiger partial charge in [0.2, 0.25) is 10.0 Å². The number of nitrogens with zero attached hydrogens (tertiary/aromatic N) is 1. The van der Waals surface area contributed by atoms with Crippen molar-refractivity contribution in [3.63, 3.8) is 0 Å². The van der Waals surface area contributed by atoms with E-state index < -0.39 is 22.0 Å². The fourth-order valence-electron chi connectivity index (χ4n) is 1.83. The average molecular weight is 326 g/mol.